The summed E-state index contributed by atoms with van der Waals surface area (Å²) in [5.41, 5.74) is 5.24. The summed E-state index contributed by atoms with van der Waals surface area (Å²) in [7, 11) is 0. The molecule has 1 N–H and O–H groups in total. The standard InChI is InChI=1S/C26H28ClN3O2/c1-26(2,3)24-13-17(8-9-29-24)19-11-20(15-28-14-19)22-7-6-18(12-23(22)27)25(32)30-10-4-5-21(30)16-31/h6-9,11-15,21,31H,4-5,10,16H2,1-3H3. The van der Waals surface area contributed by atoms with Gasteiger partial charge < -0.3 is 10.0 Å². The lowest BCUT2D eigenvalue weighted by Gasteiger charge is -2.23. The van der Waals surface area contributed by atoms with Crippen LogP contribution in [0.5, 0.6) is 0 Å². The molecule has 1 fully saturated rings. The quantitative estimate of drug-likeness (QED) is 0.582. The molecule has 0 saturated carbocycles. The number of aliphatic hydroxyl groups excluding tert-OH is 1. The Kier molecular flexibility index (Phi) is 6.31. The molecule has 1 aromatic carbocycles. The number of carbonyl (C=O) groups excluding carboxylic acids is 1. The van der Waals surface area contributed by atoms with Crippen molar-refractivity contribution in [1.29, 1.82) is 0 Å². The number of aliphatic hydroxyl groups is 1. The number of benzene rings is 1. The minimum atomic E-state index is -0.111. The number of hydrogen-bond donors (Lipinski definition) is 1. The third-order valence-corrected chi connectivity index (χ3v) is 6.29. The second kappa shape index (κ2) is 9.00. The number of halogens is 1. The number of rotatable bonds is 4. The van der Waals surface area contributed by atoms with Gasteiger partial charge in [0.05, 0.1) is 12.6 Å². The first-order chi connectivity index (χ1) is 15.3. The lowest BCUT2D eigenvalue weighted by atomic mass is 9.90. The zero-order chi connectivity index (χ0) is 22.9. The van der Waals surface area contributed by atoms with Crippen molar-refractivity contribution < 1.29 is 9.90 Å². The van der Waals surface area contributed by atoms with Gasteiger partial charge in [-0.05, 0) is 48.7 Å². The SMILES string of the molecule is CC(C)(C)c1cc(-c2cncc(-c3ccc(C(=O)N4CCCC4CO)cc3Cl)c2)ccn1. The summed E-state index contributed by atoms with van der Waals surface area (Å²) in [6.07, 6.45) is 7.18. The Labute approximate surface area is 194 Å². The van der Waals surface area contributed by atoms with E-state index in [1.807, 2.05) is 24.5 Å². The normalized spacial score (nSPS) is 16.4. The van der Waals surface area contributed by atoms with E-state index >= 15 is 0 Å². The zero-order valence-corrected chi connectivity index (χ0v) is 19.4. The van der Waals surface area contributed by atoms with Gasteiger partial charge in [0.2, 0.25) is 0 Å². The van der Waals surface area contributed by atoms with Crippen LogP contribution >= 0.6 is 11.6 Å². The minimum Gasteiger partial charge on any atom is -0.394 e. The number of pyridine rings is 2. The molecule has 0 bridgehead atoms. The van der Waals surface area contributed by atoms with Gasteiger partial charge in [-0.15, -0.1) is 0 Å². The lowest BCUT2D eigenvalue weighted by molar-refractivity contribution is 0.0677. The molecule has 1 aliphatic heterocycles. The molecular formula is C26H28ClN3O2. The molecule has 3 aromatic rings. The molecule has 2 aromatic heterocycles. The Balaban J connectivity index is 1.63. The smallest absolute Gasteiger partial charge is 0.254 e. The van der Waals surface area contributed by atoms with Crippen LogP contribution in [-0.4, -0.2) is 45.1 Å². The molecule has 1 aliphatic rings. The molecule has 1 saturated heterocycles. The molecule has 4 rings (SSSR count). The van der Waals surface area contributed by atoms with Crippen molar-refractivity contribution >= 4 is 17.5 Å². The van der Waals surface area contributed by atoms with Gasteiger partial charge in [-0.3, -0.25) is 14.8 Å². The van der Waals surface area contributed by atoms with Crippen molar-refractivity contribution in [2.45, 2.75) is 45.1 Å². The number of aromatic nitrogens is 2. The average Bonchev–Trinajstić information content (AvgIpc) is 3.27. The first-order valence-electron chi connectivity index (χ1n) is 10.9. The van der Waals surface area contributed by atoms with E-state index in [9.17, 15) is 9.90 Å². The van der Waals surface area contributed by atoms with Crippen LogP contribution in [-0.2, 0) is 5.41 Å². The first kappa shape index (κ1) is 22.4. The van der Waals surface area contributed by atoms with E-state index < -0.39 is 0 Å². The molecule has 3 heterocycles. The molecule has 1 atom stereocenters. The molecule has 5 nitrogen and oxygen atoms in total. The van der Waals surface area contributed by atoms with Crippen LogP contribution in [0.15, 0.2) is 55.0 Å². The van der Waals surface area contributed by atoms with Crippen LogP contribution in [0.3, 0.4) is 0 Å². The topological polar surface area (TPSA) is 66.3 Å². The predicted molar refractivity (Wildman–Crippen MR) is 128 cm³/mol. The largest absolute Gasteiger partial charge is 0.394 e. The van der Waals surface area contributed by atoms with Crippen molar-refractivity contribution in [3.8, 4) is 22.3 Å². The molecule has 32 heavy (non-hydrogen) atoms. The van der Waals surface area contributed by atoms with Crippen LogP contribution in [0.4, 0.5) is 0 Å². The highest BCUT2D eigenvalue weighted by molar-refractivity contribution is 6.33. The summed E-state index contributed by atoms with van der Waals surface area (Å²) >= 11 is 6.61. The summed E-state index contributed by atoms with van der Waals surface area (Å²) in [5.74, 6) is -0.0895. The molecule has 1 unspecified atom stereocenters. The molecule has 1 amide bonds. The van der Waals surface area contributed by atoms with Gasteiger partial charge in [0.25, 0.3) is 5.91 Å². The zero-order valence-electron chi connectivity index (χ0n) is 18.7. The van der Waals surface area contributed by atoms with Crippen LogP contribution in [0.1, 0.15) is 49.7 Å². The molecular weight excluding hydrogens is 422 g/mol. The summed E-state index contributed by atoms with van der Waals surface area (Å²) in [6.45, 7) is 7.07. The molecule has 6 heteroatoms. The van der Waals surface area contributed by atoms with Gasteiger partial charge in [-0.1, -0.05) is 38.4 Å². The summed E-state index contributed by atoms with van der Waals surface area (Å²) in [5, 5.41) is 10.0. The van der Waals surface area contributed by atoms with E-state index in [1.54, 1.807) is 23.2 Å². The van der Waals surface area contributed by atoms with Crippen molar-refractivity contribution in [3.05, 3.63) is 71.3 Å². The van der Waals surface area contributed by atoms with Crippen molar-refractivity contribution in [3.63, 3.8) is 0 Å². The Bertz CT molecular complexity index is 1140. The number of carbonyl (C=O) groups is 1. The molecule has 0 aliphatic carbocycles. The summed E-state index contributed by atoms with van der Waals surface area (Å²) < 4.78 is 0. The Morgan fingerprint density at radius 1 is 1.12 bits per heavy atom. The van der Waals surface area contributed by atoms with Gasteiger partial charge in [0, 0.05) is 63.5 Å². The second-order valence-electron chi connectivity index (χ2n) is 9.31. The fourth-order valence-corrected chi connectivity index (χ4v) is 4.40. The highest BCUT2D eigenvalue weighted by Crippen LogP contribution is 2.33. The monoisotopic (exact) mass is 449 g/mol. The maximum atomic E-state index is 12.9. The van der Waals surface area contributed by atoms with Crippen LogP contribution in [0, 0.1) is 0 Å². The van der Waals surface area contributed by atoms with E-state index in [2.05, 4.69) is 42.9 Å². The number of nitrogens with zero attached hydrogens (tertiary/aromatic N) is 3. The van der Waals surface area contributed by atoms with E-state index in [1.165, 1.54) is 0 Å². The molecule has 166 valence electrons. The van der Waals surface area contributed by atoms with Crippen LogP contribution in [0.25, 0.3) is 22.3 Å². The Morgan fingerprint density at radius 3 is 2.62 bits per heavy atom. The maximum absolute atomic E-state index is 12.9. The first-order valence-corrected chi connectivity index (χ1v) is 11.3. The van der Waals surface area contributed by atoms with Crippen molar-refractivity contribution in [2.75, 3.05) is 13.2 Å². The van der Waals surface area contributed by atoms with E-state index in [4.69, 9.17) is 11.6 Å². The van der Waals surface area contributed by atoms with Crippen LogP contribution in [0.2, 0.25) is 5.02 Å². The van der Waals surface area contributed by atoms with Crippen LogP contribution < -0.4 is 0 Å². The molecule has 0 radical (unpaired) electrons. The van der Waals surface area contributed by atoms with Gasteiger partial charge in [0.15, 0.2) is 0 Å². The predicted octanol–water partition coefficient (Wildman–Crippen LogP) is 5.36. The Hall–Kier alpha value is -2.76. The number of hydrogen-bond acceptors (Lipinski definition) is 4. The molecule has 0 spiro atoms. The minimum absolute atomic E-state index is 0.0120. The maximum Gasteiger partial charge on any atom is 0.254 e. The average molecular weight is 450 g/mol. The van der Waals surface area contributed by atoms with Crippen molar-refractivity contribution in [2.24, 2.45) is 0 Å². The van der Waals surface area contributed by atoms with E-state index in [0.717, 1.165) is 40.8 Å². The van der Waals surface area contributed by atoms with E-state index in [-0.39, 0.29) is 24.0 Å². The number of amides is 1. The van der Waals surface area contributed by atoms with Gasteiger partial charge in [-0.25, -0.2) is 0 Å². The number of likely N-dealkylation sites (tertiary alicyclic amines) is 1. The highest BCUT2D eigenvalue weighted by Gasteiger charge is 2.29. The third kappa shape index (κ3) is 4.54. The fourth-order valence-electron chi connectivity index (χ4n) is 4.11. The summed E-state index contributed by atoms with van der Waals surface area (Å²) in [6, 6.07) is 11.4. The second-order valence-corrected chi connectivity index (χ2v) is 9.72. The summed E-state index contributed by atoms with van der Waals surface area (Å²) in [4.78, 5) is 23.6. The Morgan fingerprint density at radius 2 is 1.91 bits per heavy atom. The van der Waals surface area contributed by atoms with Crippen molar-refractivity contribution in [1.82, 2.24) is 14.9 Å². The lowest BCUT2D eigenvalue weighted by Crippen LogP contribution is -2.37. The van der Waals surface area contributed by atoms with Gasteiger partial charge in [0.1, 0.15) is 0 Å². The van der Waals surface area contributed by atoms with Gasteiger partial charge in [-0.2, -0.15) is 0 Å². The highest BCUT2D eigenvalue weighted by atomic mass is 35.5. The van der Waals surface area contributed by atoms with Gasteiger partial charge >= 0.3 is 0 Å². The van der Waals surface area contributed by atoms with E-state index in [0.29, 0.717) is 17.1 Å². The third-order valence-electron chi connectivity index (χ3n) is 5.98. The fraction of sp³-hybridized carbons (Fsp3) is 0.346.